The molecule has 0 saturated carbocycles. The lowest BCUT2D eigenvalue weighted by Crippen LogP contribution is -2.38. The largest absolute Gasteiger partial charge is 0.416 e. The van der Waals surface area contributed by atoms with E-state index in [0.717, 1.165) is 12.1 Å². The second-order valence-corrected chi connectivity index (χ2v) is 7.08. The Morgan fingerprint density at radius 2 is 1.93 bits per heavy atom. The molecule has 1 aliphatic rings. The molecule has 152 valence electrons. The number of carbonyl (C=O) groups is 1. The van der Waals surface area contributed by atoms with Crippen LogP contribution >= 0.6 is 0 Å². The summed E-state index contributed by atoms with van der Waals surface area (Å²) in [6.07, 6.45) is -2.38. The average Bonchev–Trinajstić information content (AvgIpc) is 3.15. The number of nitrogens with zero attached hydrogens (tertiary/aromatic N) is 3. The molecule has 2 heterocycles. The first-order chi connectivity index (χ1) is 13.3. The van der Waals surface area contributed by atoms with Crippen molar-refractivity contribution in [2.45, 2.75) is 44.3 Å². The van der Waals surface area contributed by atoms with E-state index in [1.165, 1.54) is 12.1 Å². The molecule has 1 unspecified atom stereocenters. The Hall–Kier alpha value is -2.42. The molecule has 0 spiro atoms. The van der Waals surface area contributed by atoms with Crippen molar-refractivity contribution in [3.8, 4) is 0 Å². The molecular weight excluding hydrogens is 373 g/mol. The van der Waals surface area contributed by atoms with Gasteiger partial charge in [0.05, 0.1) is 5.56 Å². The smallest absolute Gasteiger partial charge is 0.339 e. The van der Waals surface area contributed by atoms with Gasteiger partial charge in [0.2, 0.25) is 5.89 Å². The van der Waals surface area contributed by atoms with Crippen LogP contribution in [0.25, 0.3) is 0 Å². The van der Waals surface area contributed by atoms with Crippen molar-refractivity contribution >= 4 is 5.91 Å². The van der Waals surface area contributed by atoms with E-state index in [1.54, 1.807) is 4.90 Å². The standard InChI is InChI=1S/C19H23F3N4O2/c1-12(23-2)11-16-24-17(28-25-16)13-7-9-26(10-8-13)18(27)14-3-5-15(6-4-14)19(20,21)22/h3-6,12-13,23H,7-11H2,1-2H3. The number of hydrogen-bond donors (Lipinski definition) is 1. The summed E-state index contributed by atoms with van der Waals surface area (Å²) in [6, 6.07) is 4.57. The van der Waals surface area contributed by atoms with E-state index < -0.39 is 11.7 Å². The molecule has 1 N–H and O–H groups in total. The number of aromatic nitrogens is 2. The fraction of sp³-hybridized carbons (Fsp3) is 0.526. The normalized spacial score (nSPS) is 17.0. The lowest BCUT2D eigenvalue weighted by atomic mass is 9.96. The van der Waals surface area contributed by atoms with Gasteiger partial charge in [-0.15, -0.1) is 0 Å². The van der Waals surface area contributed by atoms with Crippen LogP contribution in [0.2, 0.25) is 0 Å². The fourth-order valence-corrected chi connectivity index (χ4v) is 3.21. The number of benzene rings is 1. The predicted octanol–water partition coefficient (Wildman–Crippen LogP) is 3.26. The van der Waals surface area contributed by atoms with Gasteiger partial charge in [-0.05, 0) is 51.1 Å². The maximum atomic E-state index is 12.7. The van der Waals surface area contributed by atoms with Crippen LogP contribution in [-0.4, -0.2) is 47.1 Å². The van der Waals surface area contributed by atoms with Crippen molar-refractivity contribution in [2.75, 3.05) is 20.1 Å². The Balaban J connectivity index is 1.57. The minimum Gasteiger partial charge on any atom is -0.339 e. The topological polar surface area (TPSA) is 71.3 Å². The number of amides is 1. The zero-order valence-corrected chi connectivity index (χ0v) is 15.8. The molecule has 1 aliphatic heterocycles. The highest BCUT2D eigenvalue weighted by molar-refractivity contribution is 5.94. The van der Waals surface area contributed by atoms with Crippen LogP contribution in [0.3, 0.4) is 0 Å². The van der Waals surface area contributed by atoms with Gasteiger partial charge >= 0.3 is 6.18 Å². The third-order valence-corrected chi connectivity index (χ3v) is 5.06. The Morgan fingerprint density at radius 3 is 2.50 bits per heavy atom. The van der Waals surface area contributed by atoms with Gasteiger partial charge in [0.1, 0.15) is 0 Å². The Kier molecular flexibility index (Phi) is 6.02. The zero-order valence-electron chi connectivity index (χ0n) is 15.8. The monoisotopic (exact) mass is 396 g/mol. The molecule has 1 aromatic carbocycles. The highest BCUT2D eigenvalue weighted by Crippen LogP contribution is 2.30. The van der Waals surface area contributed by atoms with Crippen molar-refractivity contribution in [3.63, 3.8) is 0 Å². The number of likely N-dealkylation sites (N-methyl/N-ethyl adjacent to an activating group) is 1. The summed E-state index contributed by atoms with van der Waals surface area (Å²) in [7, 11) is 1.87. The molecular formula is C19H23F3N4O2. The summed E-state index contributed by atoms with van der Waals surface area (Å²) in [5, 5.41) is 7.13. The Bertz CT molecular complexity index is 796. The number of halogens is 3. The summed E-state index contributed by atoms with van der Waals surface area (Å²) in [6.45, 7) is 3.02. The van der Waals surface area contributed by atoms with Crippen LogP contribution in [0.5, 0.6) is 0 Å². The number of piperidine rings is 1. The van der Waals surface area contributed by atoms with E-state index >= 15 is 0 Å². The molecule has 1 atom stereocenters. The number of alkyl halides is 3. The zero-order chi connectivity index (χ0) is 20.3. The highest BCUT2D eigenvalue weighted by Gasteiger charge is 2.31. The average molecular weight is 396 g/mol. The maximum Gasteiger partial charge on any atom is 0.416 e. The van der Waals surface area contributed by atoms with Crippen molar-refractivity contribution in [1.82, 2.24) is 20.4 Å². The maximum absolute atomic E-state index is 12.7. The third-order valence-electron chi connectivity index (χ3n) is 5.06. The molecule has 1 fully saturated rings. The third kappa shape index (κ3) is 4.70. The van der Waals surface area contributed by atoms with Crippen LogP contribution in [0.1, 0.15) is 53.3 Å². The van der Waals surface area contributed by atoms with E-state index in [-0.39, 0.29) is 23.4 Å². The lowest BCUT2D eigenvalue weighted by molar-refractivity contribution is -0.137. The molecule has 3 rings (SSSR count). The molecule has 0 radical (unpaired) electrons. The molecule has 0 aliphatic carbocycles. The van der Waals surface area contributed by atoms with Gasteiger partial charge < -0.3 is 14.7 Å². The summed E-state index contributed by atoms with van der Waals surface area (Å²) in [5.74, 6) is 1.06. The fourth-order valence-electron chi connectivity index (χ4n) is 3.21. The van der Waals surface area contributed by atoms with Crippen molar-refractivity contribution in [2.24, 2.45) is 0 Å². The molecule has 1 aromatic heterocycles. The van der Waals surface area contributed by atoms with Gasteiger partial charge in [0.25, 0.3) is 5.91 Å². The van der Waals surface area contributed by atoms with Crippen molar-refractivity contribution in [1.29, 1.82) is 0 Å². The van der Waals surface area contributed by atoms with E-state index in [1.807, 2.05) is 14.0 Å². The quantitative estimate of drug-likeness (QED) is 0.840. The predicted molar refractivity (Wildman–Crippen MR) is 95.8 cm³/mol. The van der Waals surface area contributed by atoms with E-state index in [2.05, 4.69) is 15.5 Å². The van der Waals surface area contributed by atoms with Gasteiger partial charge in [-0.3, -0.25) is 4.79 Å². The van der Waals surface area contributed by atoms with Crippen LogP contribution in [-0.2, 0) is 12.6 Å². The SMILES string of the molecule is CNC(C)Cc1noc(C2CCN(C(=O)c3ccc(C(F)(F)F)cc3)CC2)n1. The summed E-state index contributed by atoms with van der Waals surface area (Å²) < 4.78 is 43.3. The van der Waals surface area contributed by atoms with Gasteiger partial charge in [0.15, 0.2) is 5.82 Å². The van der Waals surface area contributed by atoms with Crippen molar-refractivity contribution < 1.29 is 22.5 Å². The Labute approximate surface area is 161 Å². The first kappa shape index (κ1) is 20.3. The van der Waals surface area contributed by atoms with Gasteiger partial charge in [0, 0.05) is 37.0 Å². The van der Waals surface area contributed by atoms with E-state index in [9.17, 15) is 18.0 Å². The Morgan fingerprint density at radius 1 is 1.29 bits per heavy atom. The van der Waals surface area contributed by atoms with Gasteiger partial charge in [-0.1, -0.05) is 5.16 Å². The second kappa shape index (κ2) is 8.30. The summed E-state index contributed by atoms with van der Waals surface area (Å²) in [4.78, 5) is 18.7. The van der Waals surface area contributed by atoms with Gasteiger partial charge in [-0.25, -0.2) is 0 Å². The summed E-state index contributed by atoms with van der Waals surface area (Å²) >= 11 is 0. The molecule has 1 saturated heterocycles. The number of carbonyl (C=O) groups excluding carboxylic acids is 1. The minimum absolute atomic E-state index is 0.0859. The minimum atomic E-state index is -4.41. The summed E-state index contributed by atoms with van der Waals surface area (Å²) in [5.41, 5.74) is -0.505. The van der Waals surface area contributed by atoms with Crippen LogP contribution < -0.4 is 5.32 Å². The number of hydrogen-bond acceptors (Lipinski definition) is 5. The molecule has 2 aromatic rings. The van der Waals surface area contributed by atoms with E-state index in [4.69, 9.17) is 4.52 Å². The second-order valence-electron chi connectivity index (χ2n) is 7.08. The molecule has 1 amide bonds. The number of likely N-dealkylation sites (tertiary alicyclic amines) is 1. The first-order valence-corrected chi connectivity index (χ1v) is 9.24. The van der Waals surface area contributed by atoms with Crippen LogP contribution in [0.4, 0.5) is 13.2 Å². The van der Waals surface area contributed by atoms with Crippen LogP contribution in [0.15, 0.2) is 28.8 Å². The molecule has 0 bridgehead atoms. The highest BCUT2D eigenvalue weighted by atomic mass is 19.4. The molecule has 9 heteroatoms. The lowest BCUT2D eigenvalue weighted by Gasteiger charge is -2.30. The van der Waals surface area contributed by atoms with Crippen LogP contribution in [0, 0.1) is 0 Å². The van der Waals surface area contributed by atoms with E-state index in [0.29, 0.717) is 44.1 Å². The number of nitrogens with one attached hydrogen (secondary N) is 1. The number of rotatable bonds is 5. The van der Waals surface area contributed by atoms with Crippen molar-refractivity contribution in [3.05, 3.63) is 47.1 Å². The molecule has 6 nitrogen and oxygen atoms in total. The first-order valence-electron chi connectivity index (χ1n) is 9.24. The van der Waals surface area contributed by atoms with Gasteiger partial charge in [-0.2, -0.15) is 18.2 Å². The molecule has 28 heavy (non-hydrogen) atoms.